The number of ether oxygens (including phenoxy) is 1. The highest BCUT2D eigenvalue weighted by Gasteiger charge is 2.13. The van der Waals surface area contributed by atoms with E-state index in [1.807, 2.05) is 30.5 Å². The van der Waals surface area contributed by atoms with Gasteiger partial charge in [-0.05, 0) is 18.9 Å². The summed E-state index contributed by atoms with van der Waals surface area (Å²) in [4.78, 5) is 4.35. The molecule has 3 heteroatoms. The predicted molar refractivity (Wildman–Crippen MR) is 62.9 cm³/mol. The van der Waals surface area contributed by atoms with Gasteiger partial charge in [0.1, 0.15) is 0 Å². The molecule has 0 spiro atoms. The van der Waals surface area contributed by atoms with E-state index in [0.717, 1.165) is 36.6 Å². The SMILES string of the molecule is Clc1ccccc1C=NCC1CCCO1. The predicted octanol–water partition coefficient (Wildman–Crippen LogP) is 2.94. The Morgan fingerprint density at radius 1 is 1.47 bits per heavy atom. The lowest BCUT2D eigenvalue weighted by atomic mass is 10.2. The van der Waals surface area contributed by atoms with Gasteiger partial charge in [0.2, 0.25) is 0 Å². The summed E-state index contributed by atoms with van der Waals surface area (Å²) in [6.45, 7) is 1.62. The van der Waals surface area contributed by atoms with Gasteiger partial charge in [-0.3, -0.25) is 4.99 Å². The first kappa shape index (κ1) is 10.7. The molecule has 1 heterocycles. The maximum atomic E-state index is 6.00. The van der Waals surface area contributed by atoms with Crippen LogP contribution >= 0.6 is 11.6 Å². The standard InChI is InChI=1S/C12H14ClNO/c13-12-6-2-1-4-10(12)8-14-9-11-5-3-7-15-11/h1-2,4,6,8,11H,3,5,7,9H2. The van der Waals surface area contributed by atoms with E-state index < -0.39 is 0 Å². The Balaban J connectivity index is 1.90. The van der Waals surface area contributed by atoms with Crippen molar-refractivity contribution in [3.05, 3.63) is 34.9 Å². The van der Waals surface area contributed by atoms with E-state index in [9.17, 15) is 0 Å². The molecule has 1 unspecified atom stereocenters. The molecule has 0 bridgehead atoms. The minimum absolute atomic E-state index is 0.309. The van der Waals surface area contributed by atoms with Gasteiger partial charge in [-0.1, -0.05) is 29.8 Å². The minimum atomic E-state index is 0.309. The van der Waals surface area contributed by atoms with Gasteiger partial charge >= 0.3 is 0 Å². The zero-order valence-corrected chi connectivity index (χ0v) is 9.28. The summed E-state index contributed by atoms with van der Waals surface area (Å²) in [6, 6.07) is 7.70. The molecule has 1 saturated heterocycles. The molecule has 0 aliphatic carbocycles. The van der Waals surface area contributed by atoms with Crippen LogP contribution in [0.4, 0.5) is 0 Å². The molecule has 1 aliphatic heterocycles. The Kier molecular flexibility index (Phi) is 3.75. The summed E-state index contributed by atoms with van der Waals surface area (Å²) in [7, 11) is 0. The molecule has 2 nitrogen and oxygen atoms in total. The second-order valence-corrected chi connectivity index (χ2v) is 4.06. The summed E-state index contributed by atoms with van der Waals surface area (Å²) < 4.78 is 5.47. The fourth-order valence-corrected chi connectivity index (χ4v) is 1.82. The van der Waals surface area contributed by atoms with Crippen molar-refractivity contribution in [3.63, 3.8) is 0 Å². The van der Waals surface area contributed by atoms with Crippen LogP contribution in [0.3, 0.4) is 0 Å². The van der Waals surface area contributed by atoms with Gasteiger partial charge in [0.25, 0.3) is 0 Å². The number of benzene rings is 1. The van der Waals surface area contributed by atoms with E-state index in [-0.39, 0.29) is 0 Å². The van der Waals surface area contributed by atoms with Crippen LogP contribution in [-0.4, -0.2) is 25.5 Å². The highest BCUT2D eigenvalue weighted by Crippen LogP contribution is 2.14. The molecule has 80 valence electrons. The third-order valence-corrected chi connectivity index (χ3v) is 2.81. The molecule has 1 aromatic rings. The number of hydrogen-bond donors (Lipinski definition) is 0. The highest BCUT2D eigenvalue weighted by molar-refractivity contribution is 6.33. The Morgan fingerprint density at radius 3 is 3.07 bits per heavy atom. The van der Waals surface area contributed by atoms with Crippen LogP contribution in [0.5, 0.6) is 0 Å². The molecular formula is C12H14ClNO. The molecule has 1 fully saturated rings. The Hall–Kier alpha value is -0.860. The lowest BCUT2D eigenvalue weighted by Crippen LogP contribution is -2.08. The second kappa shape index (κ2) is 5.29. The largest absolute Gasteiger partial charge is 0.376 e. The van der Waals surface area contributed by atoms with Crippen LogP contribution < -0.4 is 0 Å². The summed E-state index contributed by atoms with van der Waals surface area (Å²) in [5.41, 5.74) is 0.970. The average molecular weight is 224 g/mol. The van der Waals surface area contributed by atoms with E-state index in [1.54, 1.807) is 0 Å². The van der Waals surface area contributed by atoms with Gasteiger partial charge < -0.3 is 4.74 Å². The molecule has 15 heavy (non-hydrogen) atoms. The zero-order chi connectivity index (χ0) is 10.5. The number of hydrogen-bond acceptors (Lipinski definition) is 2. The molecule has 0 radical (unpaired) electrons. The van der Waals surface area contributed by atoms with Crippen molar-refractivity contribution in [1.29, 1.82) is 0 Å². The quantitative estimate of drug-likeness (QED) is 0.722. The van der Waals surface area contributed by atoms with Crippen LogP contribution in [0.25, 0.3) is 0 Å². The van der Waals surface area contributed by atoms with Crippen molar-refractivity contribution in [2.45, 2.75) is 18.9 Å². The molecule has 1 atom stereocenters. The lowest BCUT2D eigenvalue weighted by Gasteiger charge is -2.04. The number of halogens is 1. The first-order chi connectivity index (χ1) is 7.36. The fourth-order valence-electron chi connectivity index (χ4n) is 1.64. The van der Waals surface area contributed by atoms with Crippen LogP contribution in [-0.2, 0) is 4.74 Å². The van der Waals surface area contributed by atoms with Crippen LogP contribution in [0, 0.1) is 0 Å². The molecular weight excluding hydrogens is 210 g/mol. The molecule has 1 aromatic carbocycles. The first-order valence-electron chi connectivity index (χ1n) is 5.22. The molecule has 0 aromatic heterocycles. The third-order valence-electron chi connectivity index (χ3n) is 2.47. The normalized spacial score (nSPS) is 21.3. The Morgan fingerprint density at radius 2 is 2.33 bits per heavy atom. The summed E-state index contributed by atoms with van der Waals surface area (Å²) in [6.07, 6.45) is 4.42. The molecule has 1 aliphatic rings. The third kappa shape index (κ3) is 3.05. The van der Waals surface area contributed by atoms with Gasteiger partial charge in [0, 0.05) is 23.4 Å². The van der Waals surface area contributed by atoms with Crippen LogP contribution in [0.2, 0.25) is 5.02 Å². The lowest BCUT2D eigenvalue weighted by molar-refractivity contribution is 0.118. The molecule has 0 amide bonds. The average Bonchev–Trinajstić information content (AvgIpc) is 2.74. The van der Waals surface area contributed by atoms with Crippen LogP contribution in [0.15, 0.2) is 29.3 Å². The fraction of sp³-hybridized carbons (Fsp3) is 0.417. The Labute approximate surface area is 94.9 Å². The van der Waals surface area contributed by atoms with Gasteiger partial charge in [-0.2, -0.15) is 0 Å². The highest BCUT2D eigenvalue weighted by atomic mass is 35.5. The first-order valence-corrected chi connectivity index (χ1v) is 5.60. The summed E-state index contributed by atoms with van der Waals surface area (Å²) >= 11 is 6.00. The van der Waals surface area contributed by atoms with E-state index in [0.29, 0.717) is 6.10 Å². The van der Waals surface area contributed by atoms with Gasteiger partial charge in [0.05, 0.1) is 12.6 Å². The van der Waals surface area contributed by atoms with E-state index in [2.05, 4.69) is 4.99 Å². The maximum absolute atomic E-state index is 6.00. The zero-order valence-electron chi connectivity index (χ0n) is 8.53. The molecule has 0 saturated carbocycles. The van der Waals surface area contributed by atoms with Crippen molar-refractivity contribution < 1.29 is 4.74 Å². The smallest absolute Gasteiger partial charge is 0.0771 e. The number of aliphatic imine (C=N–C) groups is 1. The number of rotatable bonds is 3. The molecule has 0 N–H and O–H groups in total. The van der Waals surface area contributed by atoms with E-state index in [4.69, 9.17) is 16.3 Å². The monoisotopic (exact) mass is 223 g/mol. The van der Waals surface area contributed by atoms with Crippen molar-refractivity contribution >= 4 is 17.8 Å². The maximum Gasteiger partial charge on any atom is 0.0771 e. The van der Waals surface area contributed by atoms with E-state index >= 15 is 0 Å². The second-order valence-electron chi connectivity index (χ2n) is 3.65. The van der Waals surface area contributed by atoms with Crippen LogP contribution in [0.1, 0.15) is 18.4 Å². The van der Waals surface area contributed by atoms with Gasteiger partial charge in [-0.15, -0.1) is 0 Å². The van der Waals surface area contributed by atoms with Crippen molar-refractivity contribution in [1.82, 2.24) is 0 Å². The summed E-state index contributed by atoms with van der Waals surface area (Å²) in [5.74, 6) is 0. The van der Waals surface area contributed by atoms with Gasteiger partial charge in [-0.25, -0.2) is 0 Å². The number of nitrogens with zero attached hydrogens (tertiary/aromatic N) is 1. The van der Waals surface area contributed by atoms with E-state index in [1.165, 1.54) is 0 Å². The topological polar surface area (TPSA) is 21.6 Å². The summed E-state index contributed by atoms with van der Waals surface area (Å²) in [5, 5.41) is 0.744. The van der Waals surface area contributed by atoms with Crippen molar-refractivity contribution in [3.8, 4) is 0 Å². The molecule has 2 rings (SSSR count). The van der Waals surface area contributed by atoms with Crippen molar-refractivity contribution in [2.75, 3.05) is 13.2 Å². The minimum Gasteiger partial charge on any atom is -0.376 e. The Bertz CT molecular complexity index is 345. The van der Waals surface area contributed by atoms with Gasteiger partial charge in [0.15, 0.2) is 0 Å². The van der Waals surface area contributed by atoms with Crippen molar-refractivity contribution in [2.24, 2.45) is 4.99 Å².